The van der Waals surface area contributed by atoms with Gasteiger partial charge in [0.05, 0.1) is 39.9 Å². The van der Waals surface area contributed by atoms with Gasteiger partial charge in [0.2, 0.25) is 5.91 Å². The lowest BCUT2D eigenvalue weighted by molar-refractivity contribution is -0.870. The molecule has 0 rings (SSSR count). The van der Waals surface area contributed by atoms with Gasteiger partial charge in [0.1, 0.15) is 13.2 Å². The molecule has 0 heterocycles. The summed E-state index contributed by atoms with van der Waals surface area (Å²) in [6, 6.07) is -0.877. The van der Waals surface area contributed by atoms with E-state index in [1.54, 1.807) is 6.08 Å². The summed E-state index contributed by atoms with van der Waals surface area (Å²) in [5.74, 6) is -0.198. The molecule has 0 aliphatic heterocycles. The van der Waals surface area contributed by atoms with Crippen molar-refractivity contribution < 1.29 is 32.9 Å². The molecule has 0 aromatic rings. The number of unbranched alkanes of at least 4 members (excludes halogenated alkanes) is 31. The highest BCUT2D eigenvalue weighted by Crippen LogP contribution is 2.43. The normalized spacial score (nSPS) is 14.4. The second kappa shape index (κ2) is 50.2. The highest BCUT2D eigenvalue weighted by atomic mass is 31.2. The van der Waals surface area contributed by atoms with Crippen molar-refractivity contribution in [2.24, 2.45) is 0 Å². The van der Waals surface area contributed by atoms with E-state index in [0.717, 1.165) is 57.8 Å². The fraction of sp³-hybridized carbons (Fsp3) is 0.814. The molecule has 8 nitrogen and oxygen atoms in total. The molecule has 0 bridgehead atoms. The fourth-order valence-corrected chi connectivity index (χ4v) is 8.90. The number of carbonyl (C=O) groups excluding carboxylic acids is 1. The number of carbonyl (C=O) groups is 1. The predicted octanol–water partition coefficient (Wildman–Crippen LogP) is 17.3. The zero-order valence-corrected chi connectivity index (χ0v) is 46.2. The molecule has 0 aliphatic rings. The summed E-state index contributed by atoms with van der Waals surface area (Å²) in [5, 5.41) is 13.9. The molecule has 3 atom stereocenters. The Morgan fingerprint density at radius 1 is 0.500 bits per heavy atom. The second-order valence-corrected chi connectivity index (χ2v) is 22.1. The number of allylic oxidation sites excluding steroid dienone is 9. The lowest BCUT2D eigenvalue weighted by atomic mass is 10.0. The Hall–Kier alpha value is -1.80. The molecule has 3 N–H and O–H groups in total. The number of rotatable bonds is 52. The quantitative estimate of drug-likeness (QED) is 0.0243. The van der Waals surface area contributed by atoms with Crippen LogP contribution in [0.2, 0.25) is 0 Å². The lowest BCUT2D eigenvalue weighted by Gasteiger charge is -2.25. The Morgan fingerprint density at radius 3 is 1.26 bits per heavy atom. The zero-order valence-electron chi connectivity index (χ0n) is 45.3. The number of likely N-dealkylation sites (N-methyl/N-ethyl adjacent to an activating group) is 1. The minimum atomic E-state index is -4.36. The van der Waals surface area contributed by atoms with Gasteiger partial charge in [0.15, 0.2) is 0 Å². The molecule has 0 aliphatic carbocycles. The number of amides is 1. The van der Waals surface area contributed by atoms with Gasteiger partial charge in [-0.2, -0.15) is 0 Å². The summed E-state index contributed by atoms with van der Waals surface area (Å²) >= 11 is 0. The summed E-state index contributed by atoms with van der Waals surface area (Å²) in [7, 11) is 1.54. The third kappa shape index (κ3) is 52.0. The standard InChI is InChI=1S/C59H111N2O6P/c1-6-8-10-12-14-16-18-20-22-24-26-28-30-32-34-36-38-40-42-44-46-48-50-52-58(62)57(56-67-68(64,65)66-55-54-61(3,4)5)60-59(63)53-51-49-47-45-43-41-39-37-35-33-31-29-27-25-23-21-19-17-15-13-11-9-7-2/h27,29,33-36,42,44,50,52,57-58,62H,6-26,28,30-32,37-41,43,45-49,51,53-56H2,1-5H3,(H-,60,63,64,65)/p+1/b29-27-,35-33-,36-34+,44-42+,52-50+. The van der Waals surface area contributed by atoms with Crippen molar-refractivity contribution in [3.05, 3.63) is 60.8 Å². The summed E-state index contributed by atoms with van der Waals surface area (Å²) in [6.45, 7) is 4.80. The molecule has 68 heavy (non-hydrogen) atoms. The molecule has 0 saturated heterocycles. The van der Waals surface area contributed by atoms with E-state index >= 15 is 0 Å². The van der Waals surface area contributed by atoms with Gasteiger partial charge in [-0.25, -0.2) is 4.57 Å². The number of nitrogens with zero attached hydrogens (tertiary/aromatic N) is 1. The van der Waals surface area contributed by atoms with Gasteiger partial charge < -0.3 is 19.8 Å². The van der Waals surface area contributed by atoms with Crippen LogP contribution in [-0.4, -0.2) is 73.4 Å². The smallest absolute Gasteiger partial charge is 0.387 e. The predicted molar refractivity (Wildman–Crippen MR) is 295 cm³/mol. The van der Waals surface area contributed by atoms with E-state index in [-0.39, 0.29) is 19.1 Å². The Kier molecular flexibility index (Phi) is 48.8. The number of aliphatic hydroxyl groups is 1. The molecule has 3 unspecified atom stereocenters. The largest absolute Gasteiger partial charge is 0.472 e. The Morgan fingerprint density at radius 2 is 0.853 bits per heavy atom. The lowest BCUT2D eigenvalue weighted by Crippen LogP contribution is -2.45. The van der Waals surface area contributed by atoms with E-state index in [4.69, 9.17) is 9.05 Å². The first-order valence-electron chi connectivity index (χ1n) is 28.7. The van der Waals surface area contributed by atoms with Crippen LogP contribution >= 0.6 is 7.82 Å². The molecule has 0 saturated carbocycles. The molecule has 9 heteroatoms. The highest BCUT2D eigenvalue weighted by Gasteiger charge is 2.27. The number of phosphoric acid groups is 1. The van der Waals surface area contributed by atoms with Gasteiger partial charge in [0.25, 0.3) is 0 Å². The van der Waals surface area contributed by atoms with Crippen LogP contribution < -0.4 is 5.32 Å². The van der Waals surface area contributed by atoms with Crippen LogP contribution in [0, 0.1) is 0 Å². The van der Waals surface area contributed by atoms with Gasteiger partial charge in [-0.3, -0.25) is 13.8 Å². The van der Waals surface area contributed by atoms with Gasteiger partial charge >= 0.3 is 7.82 Å². The van der Waals surface area contributed by atoms with Crippen LogP contribution in [0.3, 0.4) is 0 Å². The van der Waals surface area contributed by atoms with E-state index in [0.29, 0.717) is 17.4 Å². The van der Waals surface area contributed by atoms with Gasteiger partial charge in [0, 0.05) is 6.42 Å². The maximum Gasteiger partial charge on any atom is 0.472 e. The molecule has 398 valence electrons. The monoisotopic (exact) mass is 976 g/mol. The van der Waals surface area contributed by atoms with Crippen molar-refractivity contribution in [3.8, 4) is 0 Å². The third-order valence-electron chi connectivity index (χ3n) is 12.7. The first kappa shape index (κ1) is 66.2. The Balaban J connectivity index is 4.33. The first-order valence-corrected chi connectivity index (χ1v) is 30.2. The maximum absolute atomic E-state index is 13.0. The number of nitrogens with one attached hydrogen (secondary N) is 1. The highest BCUT2D eigenvalue weighted by molar-refractivity contribution is 7.47. The Bertz CT molecular complexity index is 1290. The van der Waals surface area contributed by atoms with Crippen LogP contribution in [0.5, 0.6) is 0 Å². The topological polar surface area (TPSA) is 105 Å². The second-order valence-electron chi connectivity index (χ2n) is 20.6. The van der Waals surface area contributed by atoms with Crippen LogP contribution in [0.1, 0.15) is 258 Å². The van der Waals surface area contributed by atoms with E-state index in [2.05, 4.69) is 67.8 Å². The maximum atomic E-state index is 13.0. The summed E-state index contributed by atoms with van der Waals surface area (Å²) < 4.78 is 23.7. The van der Waals surface area contributed by atoms with Crippen molar-refractivity contribution >= 4 is 13.7 Å². The third-order valence-corrected chi connectivity index (χ3v) is 13.7. The van der Waals surface area contributed by atoms with E-state index in [9.17, 15) is 19.4 Å². The fourth-order valence-electron chi connectivity index (χ4n) is 8.16. The number of hydrogen-bond donors (Lipinski definition) is 3. The number of aliphatic hydroxyl groups excluding tert-OH is 1. The summed E-state index contributed by atoms with van der Waals surface area (Å²) in [5.41, 5.74) is 0. The number of hydrogen-bond acceptors (Lipinski definition) is 5. The average molecular weight is 977 g/mol. The zero-order chi connectivity index (χ0) is 49.9. The minimum absolute atomic E-state index is 0.0501. The number of quaternary nitrogens is 1. The van der Waals surface area contributed by atoms with Crippen molar-refractivity contribution in [3.63, 3.8) is 0 Å². The van der Waals surface area contributed by atoms with Gasteiger partial charge in [-0.15, -0.1) is 0 Å². The van der Waals surface area contributed by atoms with Crippen molar-refractivity contribution in [1.29, 1.82) is 0 Å². The first-order chi connectivity index (χ1) is 33.0. The van der Waals surface area contributed by atoms with Crippen LogP contribution in [0.4, 0.5) is 0 Å². The summed E-state index contributed by atoms with van der Waals surface area (Å²) in [4.78, 5) is 23.3. The Labute approximate surface area is 422 Å². The van der Waals surface area contributed by atoms with Crippen molar-refractivity contribution in [2.75, 3.05) is 40.9 Å². The van der Waals surface area contributed by atoms with Crippen LogP contribution in [-0.2, 0) is 18.4 Å². The van der Waals surface area contributed by atoms with E-state index < -0.39 is 20.0 Å². The van der Waals surface area contributed by atoms with E-state index in [1.165, 1.54) is 180 Å². The molecule has 0 aromatic heterocycles. The van der Waals surface area contributed by atoms with Crippen LogP contribution in [0.15, 0.2) is 60.8 Å². The van der Waals surface area contributed by atoms with Gasteiger partial charge in [-0.05, 0) is 77.0 Å². The molecule has 0 spiro atoms. The summed E-state index contributed by atoms with van der Waals surface area (Å²) in [6.07, 6.45) is 67.5. The molecule has 1 amide bonds. The molecule has 0 radical (unpaired) electrons. The average Bonchev–Trinajstić information content (AvgIpc) is 3.30. The minimum Gasteiger partial charge on any atom is -0.387 e. The molecular formula is C59H112N2O6P+. The number of phosphoric ester groups is 1. The molecule has 0 aromatic carbocycles. The molecular weight excluding hydrogens is 864 g/mol. The van der Waals surface area contributed by atoms with Gasteiger partial charge in [-0.1, -0.05) is 235 Å². The van der Waals surface area contributed by atoms with Crippen molar-refractivity contribution in [1.82, 2.24) is 5.32 Å². The van der Waals surface area contributed by atoms with Crippen molar-refractivity contribution in [2.45, 2.75) is 270 Å². The van der Waals surface area contributed by atoms with E-state index in [1.807, 2.05) is 27.2 Å². The molecule has 0 fully saturated rings. The van der Waals surface area contributed by atoms with Crippen LogP contribution in [0.25, 0.3) is 0 Å². The SMILES string of the molecule is CCCCCCCCCCC/C=C\C/C=C\CCCCCCCCCC(=O)NC(COP(=O)(O)OCC[N+](C)(C)C)C(O)/C=C/CC/C=C/CC/C=C/CCCCCCCCCCCCCCC.